The summed E-state index contributed by atoms with van der Waals surface area (Å²) < 4.78 is 10.4. The van der Waals surface area contributed by atoms with Crippen molar-refractivity contribution in [3.63, 3.8) is 0 Å². The maximum absolute atomic E-state index is 12.4. The summed E-state index contributed by atoms with van der Waals surface area (Å²) in [5.74, 6) is -0.163. The molecule has 0 radical (unpaired) electrons. The van der Waals surface area contributed by atoms with E-state index in [1.54, 1.807) is 56.5 Å². The second-order valence-electron chi connectivity index (χ2n) is 7.64. The van der Waals surface area contributed by atoms with Crippen LogP contribution in [0.25, 0.3) is 6.08 Å². The third-order valence-electron chi connectivity index (χ3n) is 5.23. The highest BCUT2D eigenvalue weighted by Crippen LogP contribution is 2.14. The van der Waals surface area contributed by atoms with Crippen LogP contribution < -0.4 is 10.1 Å². The van der Waals surface area contributed by atoms with Gasteiger partial charge in [0.05, 0.1) is 7.11 Å². The Hall–Kier alpha value is -3.61. The quantitative estimate of drug-likeness (QED) is 0.507. The molecule has 0 spiro atoms. The maximum atomic E-state index is 12.4. The van der Waals surface area contributed by atoms with E-state index in [9.17, 15) is 14.4 Å². The highest BCUT2D eigenvalue weighted by molar-refractivity contribution is 5.95. The van der Waals surface area contributed by atoms with Crippen molar-refractivity contribution in [3.05, 3.63) is 71.3 Å². The number of hydrogen-bond donors (Lipinski definition) is 1. The summed E-state index contributed by atoms with van der Waals surface area (Å²) in [6, 6.07) is 13.5. The first-order valence-corrected chi connectivity index (χ1v) is 10.6. The Balaban J connectivity index is 1.44. The fraction of sp³-hybridized carbons (Fsp3) is 0.320. The molecule has 1 aliphatic heterocycles. The van der Waals surface area contributed by atoms with Crippen molar-refractivity contribution in [2.75, 3.05) is 20.2 Å². The maximum Gasteiger partial charge on any atom is 0.328 e. The molecular weight excluding hydrogens is 408 g/mol. The van der Waals surface area contributed by atoms with Gasteiger partial charge in [0.25, 0.3) is 5.91 Å². The molecule has 1 N–H and O–H groups in total. The van der Waals surface area contributed by atoms with Crippen molar-refractivity contribution in [2.45, 2.75) is 32.4 Å². The fourth-order valence-electron chi connectivity index (χ4n) is 3.33. The molecule has 0 aromatic heterocycles. The van der Waals surface area contributed by atoms with E-state index >= 15 is 0 Å². The first kappa shape index (κ1) is 23.1. The number of methoxy groups -OCH3 is 1. The molecule has 7 nitrogen and oxygen atoms in total. The molecule has 0 saturated carbocycles. The minimum absolute atomic E-state index is 0.0325. The van der Waals surface area contributed by atoms with Crippen LogP contribution in [0.15, 0.2) is 54.6 Å². The van der Waals surface area contributed by atoms with E-state index in [-0.39, 0.29) is 12.5 Å². The molecular formula is C25H28N2O5. The smallest absolute Gasteiger partial charge is 0.328 e. The molecule has 1 fully saturated rings. The Morgan fingerprint density at radius 3 is 2.31 bits per heavy atom. The van der Waals surface area contributed by atoms with Crippen LogP contribution in [0.1, 0.15) is 41.3 Å². The Kier molecular flexibility index (Phi) is 8.02. The Bertz CT molecular complexity index is 961. The third-order valence-corrected chi connectivity index (χ3v) is 5.23. The Morgan fingerprint density at radius 1 is 1.03 bits per heavy atom. The number of carbonyl (C=O) groups excluding carboxylic acids is 3. The van der Waals surface area contributed by atoms with Gasteiger partial charge in [-0.05, 0) is 61.2 Å². The van der Waals surface area contributed by atoms with Crippen LogP contribution in [-0.4, -0.2) is 48.9 Å². The van der Waals surface area contributed by atoms with Crippen LogP contribution in [0.3, 0.4) is 0 Å². The fourth-order valence-corrected chi connectivity index (χ4v) is 3.33. The number of hydrogen-bond acceptors (Lipinski definition) is 5. The predicted molar refractivity (Wildman–Crippen MR) is 121 cm³/mol. The average Bonchev–Trinajstić information content (AvgIpc) is 3.36. The molecule has 0 bridgehead atoms. The number of nitrogens with zero attached hydrogens (tertiary/aromatic N) is 1. The second kappa shape index (κ2) is 11.1. The number of rotatable bonds is 8. The lowest BCUT2D eigenvalue weighted by Crippen LogP contribution is -2.38. The highest BCUT2D eigenvalue weighted by Gasteiger charge is 2.19. The molecule has 7 heteroatoms. The van der Waals surface area contributed by atoms with Crippen LogP contribution in [0.5, 0.6) is 5.75 Å². The van der Waals surface area contributed by atoms with Crippen molar-refractivity contribution in [2.24, 2.45) is 0 Å². The van der Waals surface area contributed by atoms with Gasteiger partial charge in [0, 0.05) is 24.7 Å². The third kappa shape index (κ3) is 6.44. The zero-order valence-corrected chi connectivity index (χ0v) is 18.4. The van der Waals surface area contributed by atoms with Gasteiger partial charge in [-0.25, -0.2) is 4.79 Å². The monoisotopic (exact) mass is 436 g/mol. The number of carbonyl (C=O) groups is 3. The second-order valence-corrected chi connectivity index (χ2v) is 7.64. The van der Waals surface area contributed by atoms with Gasteiger partial charge in [0.2, 0.25) is 5.91 Å². The van der Waals surface area contributed by atoms with E-state index in [1.807, 2.05) is 17.0 Å². The largest absolute Gasteiger partial charge is 0.497 e. The standard InChI is InChI=1S/C25H28N2O5/c1-18(26-23(28)14-9-19-7-12-22(31-2)13-8-19)25(30)32-17-20-5-10-21(11-6-20)24(29)27-15-3-4-16-27/h5-14,18H,3-4,15-17H2,1-2H3,(H,26,28)/t18-/m0/s1. The Morgan fingerprint density at radius 2 is 1.69 bits per heavy atom. The van der Waals surface area contributed by atoms with Gasteiger partial charge in [-0.3, -0.25) is 9.59 Å². The van der Waals surface area contributed by atoms with Gasteiger partial charge in [0.15, 0.2) is 0 Å². The van der Waals surface area contributed by atoms with Crippen LogP contribution in [-0.2, 0) is 20.9 Å². The van der Waals surface area contributed by atoms with Crippen LogP contribution in [0, 0.1) is 0 Å². The van der Waals surface area contributed by atoms with Crippen LogP contribution in [0.2, 0.25) is 0 Å². The molecule has 1 heterocycles. The molecule has 32 heavy (non-hydrogen) atoms. The van der Waals surface area contributed by atoms with Gasteiger partial charge >= 0.3 is 5.97 Å². The van der Waals surface area contributed by atoms with Crippen molar-refractivity contribution in [1.82, 2.24) is 10.2 Å². The van der Waals surface area contributed by atoms with Gasteiger partial charge in [-0.2, -0.15) is 0 Å². The molecule has 1 atom stereocenters. The molecule has 1 saturated heterocycles. The van der Waals surface area contributed by atoms with E-state index in [0.717, 1.165) is 42.8 Å². The van der Waals surface area contributed by atoms with E-state index in [4.69, 9.17) is 9.47 Å². The summed E-state index contributed by atoms with van der Waals surface area (Å²) in [4.78, 5) is 38.5. The molecule has 1 aliphatic rings. The summed E-state index contributed by atoms with van der Waals surface area (Å²) >= 11 is 0. The summed E-state index contributed by atoms with van der Waals surface area (Å²) in [7, 11) is 1.59. The summed E-state index contributed by atoms with van der Waals surface area (Å²) in [6.45, 7) is 3.24. The van der Waals surface area contributed by atoms with Gasteiger partial charge < -0.3 is 19.7 Å². The molecule has 3 rings (SSSR count). The lowest BCUT2D eigenvalue weighted by molar-refractivity contribution is -0.148. The zero-order chi connectivity index (χ0) is 22.9. The van der Waals surface area contributed by atoms with Crippen molar-refractivity contribution < 1.29 is 23.9 Å². The summed E-state index contributed by atoms with van der Waals surface area (Å²) in [5, 5.41) is 2.59. The van der Waals surface area contributed by atoms with E-state index < -0.39 is 17.9 Å². The average molecular weight is 437 g/mol. The van der Waals surface area contributed by atoms with Gasteiger partial charge in [-0.1, -0.05) is 24.3 Å². The predicted octanol–water partition coefficient (Wildman–Crippen LogP) is 3.19. The van der Waals surface area contributed by atoms with Crippen LogP contribution in [0.4, 0.5) is 0 Å². The van der Waals surface area contributed by atoms with E-state index in [0.29, 0.717) is 5.56 Å². The zero-order valence-electron chi connectivity index (χ0n) is 18.4. The molecule has 168 valence electrons. The summed E-state index contributed by atoms with van der Waals surface area (Å²) in [5.41, 5.74) is 2.24. The molecule has 0 unspecified atom stereocenters. The van der Waals surface area contributed by atoms with Crippen LogP contribution >= 0.6 is 0 Å². The summed E-state index contributed by atoms with van der Waals surface area (Å²) in [6.07, 6.45) is 5.11. The van der Waals surface area contributed by atoms with E-state index in [1.165, 1.54) is 6.08 Å². The minimum atomic E-state index is -0.793. The normalized spacial score (nSPS) is 14.2. The minimum Gasteiger partial charge on any atom is -0.497 e. The van der Waals surface area contributed by atoms with Gasteiger partial charge in [0.1, 0.15) is 18.4 Å². The van der Waals surface area contributed by atoms with E-state index in [2.05, 4.69) is 5.32 Å². The number of likely N-dealkylation sites (tertiary alicyclic amines) is 1. The topological polar surface area (TPSA) is 84.9 Å². The Labute approximate surface area is 188 Å². The molecule has 2 aromatic carbocycles. The molecule has 2 aromatic rings. The molecule has 0 aliphatic carbocycles. The number of ether oxygens (including phenoxy) is 2. The SMILES string of the molecule is COc1ccc(C=CC(=O)N[C@@H](C)C(=O)OCc2ccc(C(=O)N3CCCC3)cc2)cc1. The highest BCUT2D eigenvalue weighted by atomic mass is 16.5. The lowest BCUT2D eigenvalue weighted by atomic mass is 10.1. The number of benzene rings is 2. The lowest BCUT2D eigenvalue weighted by Gasteiger charge is -2.15. The van der Waals surface area contributed by atoms with Crippen molar-refractivity contribution in [1.29, 1.82) is 0 Å². The number of nitrogens with one attached hydrogen (secondary N) is 1. The molecule has 2 amide bonds. The first-order chi connectivity index (χ1) is 15.5. The first-order valence-electron chi connectivity index (χ1n) is 10.6. The van der Waals surface area contributed by atoms with Crippen molar-refractivity contribution in [3.8, 4) is 5.75 Å². The van der Waals surface area contributed by atoms with Gasteiger partial charge in [-0.15, -0.1) is 0 Å². The number of esters is 1. The van der Waals surface area contributed by atoms with Crippen molar-refractivity contribution >= 4 is 23.9 Å². The number of amides is 2.